The van der Waals surface area contributed by atoms with E-state index in [2.05, 4.69) is 6.58 Å². The second kappa shape index (κ2) is 7.87. The van der Waals surface area contributed by atoms with Crippen LogP contribution >= 0.6 is 0 Å². The molecule has 0 heterocycles. The standard InChI is InChI=1S/C11H20N2O3/c1-4-7-13(9-11(15)16)8-5-6-10(14)12(2)3/h4H,1,5-9H2,2-3H3,(H,15,16). The highest BCUT2D eigenvalue weighted by molar-refractivity contribution is 5.75. The first kappa shape index (κ1) is 14.6. The highest BCUT2D eigenvalue weighted by Crippen LogP contribution is 1.98. The Balaban J connectivity index is 3.88. The zero-order valence-corrected chi connectivity index (χ0v) is 9.98. The van der Waals surface area contributed by atoms with Crippen LogP contribution in [0.1, 0.15) is 12.8 Å². The summed E-state index contributed by atoms with van der Waals surface area (Å²) in [5.74, 6) is -0.797. The molecule has 0 aliphatic rings. The Morgan fingerprint density at radius 2 is 2.00 bits per heavy atom. The Bertz CT molecular complexity index is 252. The van der Waals surface area contributed by atoms with E-state index < -0.39 is 5.97 Å². The fraction of sp³-hybridized carbons (Fsp3) is 0.636. The SMILES string of the molecule is C=CCN(CCCC(=O)N(C)C)CC(=O)O. The summed E-state index contributed by atoms with van der Waals surface area (Å²) in [4.78, 5) is 25.1. The fourth-order valence-electron chi connectivity index (χ4n) is 1.29. The normalized spacial score (nSPS) is 10.2. The number of hydrogen-bond acceptors (Lipinski definition) is 3. The van der Waals surface area contributed by atoms with E-state index in [4.69, 9.17) is 5.11 Å². The van der Waals surface area contributed by atoms with Gasteiger partial charge in [0, 0.05) is 27.1 Å². The first-order valence-electron chi connectivity index (χ1n) is 5.22. The van der Waals surface area contributed by atoms with Crippen LogP contribution in [0.25, 0.3) is 0 Å². The second-order valence-electron chi connectivity index (χ2n) is 3.81. The predicted molar refractivity (Wildman–Crippen MR) is 62.2 cm³/mol. The Morgan fingerprint density at radius 3 is 2.44 bits per heavy atom. The average molecular weight is 228 g/mol. The minimum Gasteiger partial charge on any atom is -0.480 e. The number of nitrogens with zero attached hydrogens (tertiary/aromatic N) is 2. The van der Waals surface area contributed by atoms with Crippen molar-refractivity contribution in [2.75, 3.05) is 33.7 Å². The largest absolute Gasteiger partial charge is 0.480 e. The van der Waals surface area contributed by atoms with Crippen molar-refractivity contribution in [1.29, 1.82) is 0 Å². The molecule has 1 N–H and O–H groups in total. The van der Waals surface area contributed by atoms with Gasteiger partial charge < -0.3 is 10.0 Å². The first-order valence-corrected chi connectivity index (χ1v) is 5.22. The minimum atomic E-state index is -0.860. The summed E-state index contributed by atoms with van der Waals surface area (Å²) in [6.45, 7) is 4.68. The van der Waals surface area contributed by atoms with Crippen molar-refractivity contribution in [2.24, 2.45) is 0 Å². The van der Waals surface area contributed by atoms with Crippen LogP contribution in [0, 0.1) is 0 Å². The summed E-state index contributed by atoms with van der Waals surface area (Å²) in [5, 5.41) is 8.66. The van der Waals surface area contributed by atoms with Gasteiger partial charge in [0.15, 0.2) is 0 Å². The van der Waals surface area contributed by atoms with Gasteiger partial charge in [0.05, 0.1) is 6.54 Å². The molecule has 0 aromatic carbocycles. The van der Waals surface area contributed by atoms with Crippen molar-refractivity contribution < 1.29 is 14.7 Å². The van der Waals surface area contributed by atoms with Gasteiger partial charge in [0.2, 0.25) is 5.91 Å². The van der Waals surface area contributed by atoms with E-state index in [9.17, 15) is 9.59 Å². The molecule has 1 amide bonds. The molecule has 0 radical (unpaired) electrons. The summed E-state index contributed by atoms with van der Waals surface area (Å²) < 4.78 is 0. The molecule has 0 atom stereocenters. The van der Waals surface area contributed by atoms with Crippen LogP contribution in [-0.2, 0) is 9.59 Å². The van der Waals surface area contributed by atoms with Crippen molar-refractivity contribution in [1.82, 2.24) is 9.80 Å². The Morgan fingerprint density at radius 1 is 1.38 bits per heavy atom. The number of rotatable bonds is 8. The van der Waals surface area contributed by atoms with Gasteiger partial charge in [-0.2, -0.15) is 0 Å². The zero-order chi connectivity index (χ0) is 12.6. The maximum absolute atomic E-state index is 11.3. The van der Waals surface area contributed by atoms with Crippen LogP contribution < -0.4 is 0 Å². The number of amides is 1. The van der Waals surface area contributed by atoms with Crippen molar-refractivity contribution in [2.45, 2.75) is 12.8 Å². The van der Waals surface area contributed by atoms with Crippen LogP contribution in [0.5, 0.6) is 0 Å². The smallest absolute Gasteiger partial charge is 0.317 e. The Labute approximate surface area is 96.3 Å². The number of carboxylic acid groups (broad SMARTS) is 1. The van der Waals surface area contributed by atoms with Crippen LogP contribution in [0.15, 0.2) is 12.7 Å². The van der Waals surface area contributed by atoms with Gasteiger partial charge in [-0.25, -0.2) is 0 Å². The summed E-state index contributed by atoms with van der Waals surface area (Å²) in [6.07, 6.45) is 2.77. The van der Waals surface area contributed by atoms with Gasteiger partial charge in [-0.15, -0.1) is 6.58 Å². The number of aliphatic carboxylic acids is 1. The first-order chi connectivity index (χ1) is 7.47. The Kier molecular flexibility index (Phi) is 7.20. The van der Waals surface area contributed by atoms with Crippen LogP contribution in [0.2, 0.25) is 0 Å². The lowest BCUT2D eigenvalue weighted by molar-refractivity contribution is -0.138. The van der Waals surface area contributed by atoms with E-state index in [0.29, 0.717) is 25.9 Å². The lowest BCUT2D eigenvalue weighted by Gasteiger charge is -2.18. The van der Waals surface area contributed by atoms with Crippen LogP contribution in [-0.4, -0.2) is 60.5 Å². The number of carboxylic acids is 1. The summed E-state index contributed by atoms with van der Waals surface area (Å²) in [7, 11) is 3.42. The minimum absolute atomic E-state index is 0.0117. The third-order valence-corrected chi connectivity index (χ3v) is 2.11. The van der Waals surface area contributed by atoms with Crippen molar-refractivity contribution in [3.8, 4) is 0 Å². The van der Waals surface area contributed by atoms with Gasteiger partial charge in [0.25, 0.3) is 0 Å². The molecule has 0 saturated carbocycles. The monoisotopic (exact) mass is 228 g/mol. The van der Waals surface area contributed by atoms with E-state index in [1.165, 1.54) is 4.90 Å². The molecular weight excluding hydrogens is 208 g/mol. The highest BCUT2D eigenvalue weighted by Gasteiger charge is 2.09. The Hall–Kier alpha value is -1.36. The molecule has 0 spiro atoms. The van der Waals surface area contributed by atoms with Gasteiger partial charge in [0.1, 0.15) is 0 Å². The molecule has 0 fully saturated rings. The van der Waals surface area contributed by atoms with E-state index in [1.54, 1.807) is 25.1 Å². The van der Waals surface area contributed by atoms with Gasteiger partial charge in [-0.3, -0.25) is 14.5 Å². The van der Waals surface area contributed by atoms with Gasteiger partial charge in [-0.1, -0.05) is 6.08 Å². The van der Waals surface area contributed by atoms with E-state index in [0.717, 1.165) is 0 Å². The molecule has 0 unspecified atom stereocenters. The molecule has 0 aromatic rings. The maximum atomic E-state index is 11.3. The molecule has 0 aliphatic carbocycles. The number of carbonyl (C=O) groups excluding carboxylic acids is 1. The molecule has 5 nitrogen and oxygen atoms in total. The van der Waals surface area contributed by atoms with Crippen molar-refractivity contribution in [3.63, 3.8) is 0 Å². The third-order valence-electron chi connectivity index (χ3n) is 2.11. The van der Waals surface area contributed by atoms with Crippen LogP contribution in [0.3, 0.4) is 0 Å². The number of carbonyl (C=O) groups is 2. The second-order valence-corrected chi connectivity index (χ2v) is 3.81. The molecule has 0 rings (SSSR count). The molecule has 0 saturated heterocycles. The summed E-state index contributed by atoms with van der Waals surface area (Å²) >= 11 is 0. The van der Waals surface area contributed by atoms with E-state index in [1.807, 2.05) is 0 Å². The predicted octanol–water partition coefficient (Wildman–Crippen LogP) is 0.427. The van der Waals surface area contributed by atoms with Crippen molar-refractivity contribution >= 4 is 11.9 Å². The topological polar surface area (TPSA) is 60.9 Å². The highest BCUT2D eigenvalue weighted by atomic mass is 16.4. The fourth-order valence-corrected chi connectivity index (χ4v) is 1.29. The number of hydrogen-bond donors (Lipinski definition) is 1. The van der Waals surface area contributed by atoms with Crippen molar-refractivity contribution in [3.05, 3.63) is 12.7 Å². The van der Waals surface area contributed by atoms with Crippen LogP contribution in [0.4, 0.5) is 0 Å². The van der Waals surface area contributed by atoms with Gasteiger partial charge >= 0.3 is 5.97 Å². The summed E-state index contributed by atoms with van der Waals surface area (Å²) in [6, 6.07) is 0. The lowest BCUT2D eigenvalue weighted by atomic mass is 10.2. The molecule has 0 aliphatic heterocycles. The maximum Gasteiger partial charge on any atom is 0.317 e. The molecule has 5 heteroatoms. The third kappa shape index (κ3) is 7.00. The van der Waals surface area contributed by atoms with E-state index >= 15 is 0 Å². The van der Waals surface area contributed by atoms with E-state index in [-0.39, 0.29) is 12.5 Å². The molecule has 16 heavy (non-hydrogen) atoms. The average Bonchev–Trinajstić information content (AvgIpc) is 2.16. The molecule has 0 bridgehead atoms. The molecular formula is C11H20N2O3. The zero-order valence-electron chi connectivity index (χ0n) is 9.98. The molecule has 92 valence electrons. The quantitative estimate of drug-likeness (QED) is 0.612. The molecule has 0 aromatic heterocycles. The van der Waals surface area contributed by atoms with Gasteiger partial charge in [-0.05, 0) is 13.0 Å². The summed E-state index contributed by atoms with van der Waals surface area (Å²) in [5.41, 5.74) is 0. The lowest BCUT2D eigenvalue weighted by Crippen LogP contribution is -2.31.